The lowest BCUT2D eigenvalue weighted by atomic mass is 9.47. The van der Waals surface area contributed by atoms with Gasteiger partial charge in [0.05, 0.1) is 0 Å². The molecule has 6 aliphatic rings. The highest BCUT2D eigenvalue weighted by molar-refractivity contribution is 5.02. The molecule has 0 nitrogen and oxygen atoms in total. The van der Waals surface area contributed by atoms with Gasteiger partial charge in [-0.3, -0.25) is 0 Å². The zero-order valence-electron chi connectivity index (χ0n) is 27.0. The van der Waals surface area contributed by atoms with Gasteiger partial charge in [-0.25, -0.2) is 0 Å². The van der Waals surface area contributed by atoms with Crippen LogP contribution in [0.5, 0.6) is 0 Å². The van der Waals surface area contributed by atoms with E-state index in [1.807, 2.05) is 41.5 Å². The molecule has 35 heavy (non-hydrogen) atoms. The van der Waals surface area contributed by atoms with Crippen LogP contribution >= 0.6 is 0 Å². The molecule has 4 bridgehead atoms. The van der Waals surface area contributed by atoms with Gasteiger partial charge in [-0.2, -0.15) is 0 Å². The first-order chi connectivity index (χ1) is 16.8. The molecule has 0 N–H and O–H groups in total. The maximum Gasteiger partial charge on any atom is -0.0267 e. The van der Waals surface area contributed by atoms with Crippen LogP contribution in [0.3, 0.4) is 0 Å². The van der Waals surface area contributed by atoms with Crippen LogP contribution in [0.1, 0.15) is 173 Å². The normalized spacial score (nSPS) is 30.8. The van der Waals surface area contributed by atoms with Crippen LogP contribution in [-0.2, 0) is 0 Å². The van der Waals surface area contributed by atoms with Gasteiger partial charge in [0, 0.05) is 0 Å². The highest BCUT2D eigenvalue weighted by atomic mass is 14.6. The summed E-state index contributed by atoms with van der Waals surface area (Å²) in [7, 11) is 0. The van der Waals surface area contributed by atoms with Crippen molar-refractivity contribution in [2.24, 2.45) is 52.8 Å². The first-order valence-electron chi connectivity index (χ1n) is 16.8. The van der Waals surface area contributed by atoms with E-state index >= 15 is 0 Å². The minimum atomic E-state index is 0.800. The molecule has 0 amide bonds. The zero-order chi connectivity index (χ0) is 27.0. The Labute approximate surface area is 225 Å². The lowest BCUT2D eigenvalue weighted by molar-refractivity contribution is -0.0789. The van der Waals surface area contributed by atoms with E-state index in [1.165, 1.54) is 51.4 Å². The minimum absolute atomic E-state index is 0.800. The Morgan fingerprint density at radius 3 is 0.971 bits per heavy atom. The molecular weight excluding hydrogens is 420 g/mol. The quantitative estimate of drug-likeness (QED) is 0.367. The summed E-state index contributed by atoms with van der Waals surface area (Å²) in [6.07, 6.45) is 21.5. The van der Waals surface area contributed by atoms with E-state index in [2.05, 4.69) is 41.5 Å². The Morgan fingerprint density at radius 1 is 0.457 bits per heavy atom. The fourth-order valence-electron chi connectivity index (χ4n) is 7.79. The van der Waals surface area contributed by atoms with Crippen LogP contribution < -0.4 is 0 Å². The Hall–Kier alpha value is 0. The molecule has 0 aromatic carbocycles. The van der Waals surface area contributed by atoms with Crippen LogP contribution in [0.15, 0.2) is 0 Å². The molecule has 6 fully saturated rings. The number of rotatable bonds is 3. The maximum absolute atomic E-state index is 2.47. The van der Waals surface area contributed by atoms with Gasteiger partial charge in [0.25, 0.3) is 0 Å². The average Bonchev–Trinajstić information content (AvgIpc) is 2.82. The molecule has 0 heteroatoms. The second kappa shape index (κ2) is 19.1. The molecule has 6 saturated carbocycles. The maximum atomic E-state index is 2.47. The fraction of sp³-hybridized carbons (Fsp3) is 1.00. The van der Waals surface area contributed by atoms with Crippen LogP contribution in [0.4, 0.5) is 0 Å². The Balaban J connectivity index is 0.000000465. The van der Waals surface area contributed by atoms with Crippen molar-refractivity contribution in [3.8, 4) is 0 Å². The second-order valence-corrected chi connectivity index (χ2v) is 13.0. The third kappa shape index (κ3) is 11.5. The highest BCUT2D eigenvalue weighted by Gasteiger charge is 2.51. The minimum Gasteiger partial charge on any atom is -0.0683 e. The van der Waals surface area contributed by atoms with Crippen molar-refractivity contribution in [1.29, 1.82) is 0 Å². The van der Waals surface area contributed by atoms with Gasteiger partial charge >= 0.3 is 0 Å². The average molecular weight is 493 g/mol. The van der Waals surface area contributed by atoms with Crippen LogP contribution in [0, 0.1) is 52.8 Å². The van der Waals surface area contributed by atoms with E-state index in [0.29, 0.717) is 0 Å². The Bertz CT molecular complexity index is 425. The summed E-state index contributed by atoms with van der Waals surface area (Å²) >= 11 is 0. The van der Waals surface area contributed by atoms with Gasteiger partial charge in [0.15, 0.2) is 0 Å². The molecule has 0 aromatic rings. The smallest absolute Gasteiger partial charge is 0.0267 e. The molecule has 0 aliphatic heterocycles. The van der Waals surface area contributed by atoms with Gasteiger partial charge in [0.1, 0.15) is 0 Å². The summed E-state index contributed by atoms with van der Waals surface area (Å²) < 4.78 is 0. The molecule has 0 saturated heterocycles. The SMILES string of the molecule is CC.CC.CC.CC(C)C12CC3CC(CC(C3)C1)C2.CC(C)C1CCC1.CC(C)C1CCCCC1. The van der Waals surface area contributed by atoms with Crippen molar-refractivity contribution in [2.45, 2.75) is 173 Å². The Morgan fingerprint density at radius 2 is 0.771 bits per heavy atom. The summed E-state index contributed by atoms with van der Waals surface area (Å²) in [6, 6.07) is 0. The van der Waals surface area contributed by atoms with E-state index in [4.69, 9.17) is 0 Å². The van der Waals surface area contributed by atoms with Gasteiger partial charge < -0.3 is 0 Å². The summed E-state index contributed by atoms with van der Waals surface area (Å²) in [5, 5.41) is 0. The first kappa shape index (κ1) is 35.0. The molecule has 0 unspecified atom stereocenters. The monoisotopic (exact) mass is 493 g/mol. The molecule has 0 aromatic heterocycles. The van der Waals surface area contributed by atoms with Crippen molar-refractivity contribution >= 4 is 0 Å². The van der Waals surface area contributed by atoms with Crippen molar-refractivity contribution in [3.63, 3.8) is 0 Å². The molecule has 212 valence electrons. The third-order valence-electron chi connectivity index (χ3n) is 10.00. The summed E-state index contributed by atoms with van der Waals surface area (Å²) in [5.41, 5.74) is 0.800. The standard InChI is InChI=1S/C13H22.C9H18.C7H14.3C2H6/c1-9(2)13-6-10-3-11(7-13)5-12(4-10)8-13;1-8(2)9-6-4-3-5-7-9;1-6(2)7-4-3-5-7;3*1-2/h9-12H,3-8H2,1-2H3;8-9H,3-7H2,1-2H3;6-7H,3-5H2,1-2H3;3*1-2H3. The van der Waals surface area contributed by atoms with Crippen LogP contribution in [-0.4, -0.2) is 0 Å². The van der Waals surface area contributed by atoms with E-state index in [9.17, 15) is 0 Å². The third-order valence-corrected chi connectivity index (χ3v) is 10.00. The molecule has 0 radical (unpaired) electrons. The van der Waals surface area contributed by atoms with Gasteiger partial charge in [-0.05, 0) is 91.3 Å². The van der Waals surface area contributed by atoms with E-state index < -0.39 is 0 Å². The Kier molecular flexibility index (Phi) is 19.1. The lowest BCUT2D eigenvalue weighted by Gasteiger charge is -2.58. The van der Waals surface area contributed by atoms with Crippen LogP contribution in [0.25, 0.3) is 0 Å². The molecule has 0 heterocycles. The topological polar surface area (TPSA) is 0 Å². The largest absolute Gasteiger partial charge is 0.0683 e. The van der Waals surface area contributed by atoms with Crippen molar-refractivity contribution in [1.82, 2.24) is 0 Å². The predicted octanol–water partition coefficient (Wildman–Crippen LogP) is 12.6. The molecule has 6 rings (SSSR count). The molecule has 6 aliphatic carbocycles. The summed E-state index contributed by atoms with van der Waals surface area (Å²) in [4.78, 5) is 0. The van der Waals surface area contributed by atoms with E-state index in [1.54, 1.807) is 38.5 Å². The highest BCUT2D eigenvalue weighted by Crippen LogP contribution is 2.62. The van der Waals surface area contributed by atoms with Gasteiger partial charge in [-0.15, -0.1) is 0 Å². The second-order valence-electron chi connectivity index (χ2n) is 13.0. The first-order valence-corrected chi connectivity index (χ1v) is 16.8. The number of hydrogen-bond donors (Lipinski definition) is 0. The zero-order valence-corrected chi connectivity index (χ0v) is 27.0. The molecular formula is C35H72. The van der Waals surface area contributed by atoms with E-state index in [-0.39, 0.29) is 0 Å². The number of hydrogen-bond acceptors (Lipinski definition) is 0. The predicted molar refractivity (Wildman–Crippen MR) is 163 cm³/mol. The van der Waals surface area contributed by atoms with Crippen molar-refractivity contribution in [3.05, 3.63) is 0 Å². The van der Waals surface area contributed by atoms with Gasteiger partial charge in [0.2, 0.25) is 0 Å². The van der Waals surface area contributed by atoms with Crippen LogP contribution in [0.2, 0.25) is 0 Å². The fourth-order valence-corrected chi connectivity index (χ4v) is 7.79. The lowest BCUT2D eigenvalue weighted by Crippen LogP contribution is -2.48. The molecule has 0 spiro atoms. The summed E-state index contributed by atoms with van der Waals surface area (Å²) in [5.74, 6) is 8.37. The molecule has 0 atom stereocenters. The summed E-state index contributed by atoms with van der Waals surface area (Å²) in [6.45, 7) is 26.3. The van der Waals surface area contributed by atoms with Crippen molar-refractivity contribution in [2.75, 3.05) is 0 Å². The van der Waals surface area contributed by atoms with Gasteiger partial charge in [-0.1, -0.05) is 134 Å². The van der Waals surface area contributed by atoms with E-state index in [0.717, 1.165) is 52.8 Å². The van der Waals surface area contributed by atoms with Crippen molar-refractivity contribution < 1.29 is 0 Å².